The fourth-order valence-corrected chi connectivity index (χ4v) is 1.14. The summed E-state index contributed by atoms with van der Waals surface area (Å²) >= 11 is 0. The predicted molar refractivity (Wildman–Crippen MR) is 50.9 cm³/mol. The third-order valence-electron chi connectivity index (χ3n) is 1.78. The lowest BCUT2D eigenvalue weighted by Gasteiger charge is -1.98. The average molecular weight is 226 g/mol. The second-order valence-corrected chi connectivity index (χ2v) is 2.71. The van der Waals surface area contributed by atoms with Crippen molar-refractivity contribution in [1.82, 2.24) is 0 Å². The second-order valence-electron chi connectivity index (χ2n) is 2.71. The van der Waals surface area contributed by atoms with Crippen LogP contribution in [0.4, 0.5) is 17.1 Å². The first-order valence-electron chi connectivity index (χ1n) is 3.78. The number of nitro groups is 3. The lowest BCUT2D eigenvalue weighted by atomic mass is 10.1. The summed E-state index contributed by atoms with van der Waals surface area (Å²) in [6.45, 7) is 3.22. The van der Waals surface area contributed by atoms with Crippen LogP contribution in [-0.2, 0) is 0 Å². The molecule has 9 heteroatoms. The Morgan fingerprint density at radius 1 is 0.875 bits per heavy atom. The van der Waals surface area contributed by atoms with Crippen molar-refractivity contribution in [3.63, 3.8) is 0 Å². The van der Waals surface area contributed by atoms with Crippen molar-refractivity contribution in [3.05, 3.63) is 55.0 Å². The highest BCUT2D eigenvalue weighted by atomic mass is 16.6. The summed E-state index contributed by atoms with van der Waals surface area (Å²) < 4.78 is 0. The van der Waals surface area contributed by atoms with Gasteiger partial charge < -0.3 is 0 Å². The summed E-state index contributed by atoms with van der Waals surface area (Å²) in [4.78, 5) is 28.3. The van der Waals surface area contributed by atoms with Crippen LogP contribution in [-0.4, -0.2) is 14.8 Å². The van der Waals surface area contributed by atoms with Crippen molar-refractivity contribution in [3.8, 4) is 0 Å². The monoisotopic (exact) mass is 226 g/mol. The van der Waals surface area contributed by atoms with E-state index < -0.39 is 31.8 Å². The Bertz CT molecular complexity index is 497. The number of benzene rings is 1. The van der Waals surface area contributed by atoms with Crippen LogP contribution >= 0.6 is 0 Å². The molecule has 0 aromatic heterocycles. The summed E-state index contributed by atoms with van der Waals surface area (Å²) in [6.07, 6.45) is 0. The Morgan fingerprint density at radius 3 is 1.75 bits per heavy atom. The number of nitro benzene ring substituents is 3. The van der Waals surface area contributed by atoms with E-state index in [1.54, 1.807) is 0 Å². The molecule has 1 aromatic carbocycles. The van der Waals surface area contributed by atoms with Gasteiger partial charge in [-0.25, -0.2) is 0 Å². The van der Waals surface area contributed by atoms with Crippen LogP contribution in [0.1, 0.15) is 5.56 Å². The highest BCUT2D eigenvalue weighted by Crippen LogP contribution is 2.38. The van der Waals surface area contributed by atoms with Gasteiger partial charge in [-0.1, -0.05) is 0 Å². The maximum atomic E-state index is 10.6. The molecule has 16 heavy (non-hydrogen) atoms. The van der Waals surface area contributed by atoms with E-state index in [9.17, 15) is 30.3 Å². The van der Waals surface area contributed by atoms with Crippen LogP contribution in [0, 0.1) is 37.3 Å². The van der Waals surface area contributed by atoms with Crippen molar-refractivity contribution in [1.29, 1.82) is 0 Å². The van der Waals surface area contributed by atoms with Gasteiger partial charge in [0.2, 0.25) is 0 Å². The van der Waals surface area contributed by atoms with E-state index in [1.807, 2.05) is 0 Å². The van der Waals surface area contributed by atoms with Crippen LogP contribution in [0.2, 0.25) is 0 Å². The molecule has 0 aliphatic rings. The molecule has 1 aromatic rings. The molecule has 0 saturated heterocycles. The molecule has 1 rings (SSSR count). The van der Waals surface area contributed by atoms with E-state index in [-0.39, 0.29) is 5.56 Å². The van der Waals surface area contributed by atoms with Gasteiger partial charge in [0.05, 0.1) is 14.8 Å². The maximum absolute atomic E-state index is 10.6. The molecular formula is C7H4N3O6. The van der Waals surface area contributed by atoms with Crippen LogP contribution in [0.25, 0.3) is 0 Å². The zero-order valence-electron chi connectivity index (χ0n) is 7.65. The fourth-order valence-electron chi connectivity index (χ4n) is 1.14. The van der Waals surface area contributed by atoms with Gasteiger partial charge in [0.15, 0.2) is 0 Å². The van der Waals surface area contributed by atoms with Gasteiger partial charge in [-0.15, -0.1) is 0 Å². The fraction of sp³-hybridized carbons (Fsp3) is 0. The summed E-state index contributed by atoms with van der Waals surface area (Å²) in [6, 6.07) is 1.80. The lowest BCUT2D eigenvalue weighted by Crippen LogP contribution is -2.02. The number of hydrogen-bond donors (Lipinski definition) is 0. The quantitative estimate of drug-likeness (QED) is 0.568. The third kappa shape index (κ3) is 1.78. The SMILES string of the molecule is [CH2]c1ccc([N+](=O)[O-])c([N+](=O)[O-])c1[N+](=O)[O-]. The average Bonchev–Trinajstić information content (AvgIpc) is 2.15. The van der Waals surface area contributed by atoms with Gasteiger partial charge in [0.1, 0.15) is 0 Å². The molecule has 0 unspecified atom stereocenters. The highest BCUT2D eigenvalue weighted by Gasteiger charge is 2.37. The molecule has 0 atom stereocenters. The van der Waals surface area contributed by atoms with Crippen LogP contribution in [0.5, 0.6) is 0 Å². The molecule has 1 radical (unpaired) electrons. The zero-order valence-corrected chi connectivity index (χ0v) is 7.65. The third-order valence-corrected chi connectivity index (χ3v) is 1.78. The minimum absolute atomic E-state index is 0.248. The topological polar surface area (TPSA) is 129 Å². The van der Waals surface area contributed by atoms with Crippen molar-refractivity contribution < 1.29 is 14.8 Å². The molecule has 83 valence electrons. The van der Waals surface area contributed by atoms with Gasteiger partial charge in [0, 0.05) is 11.6 Å². The van der Waals surface area contributed by atoms with E-state index in [0.717, 1.165) is 12.1 Å². The standard InChI is InChI=1S/C7H4N3O6/c1-4-2-3-5(8(11)12)7(10(15)16)6(4)9(13)14/h2-3H,1H2. The number of hydrogen-bond acceptors (Lipinski definition) is 6. The first kappa shape index (κ1) is 11.5. The number of nitrogens with zero attached hydrogens (tertiary/aromatic N) is 3. The first-order valence-corrected chi connectivity index (χ1v) is 3.78. The molecule has 0 amide bonds. The van der Waals surface area contributed by atoms with Gasteiger partial charge in [-0.05, 0) is 13.0 Å². The van der Waals surface area contributed by atoms with E-state index in [4.69, 9.17) is 0 Å². The summed E-state index contributed by atoms with van der Waals surface area (Å²) in [5.74, 6) is 0. The van der Waals surface area contributed by atoms with Gasteiger partial charge in [-0.3, -0.25) is 30.3 Å². The molecular weight excluding hydrogens is 222 g/mol. The minimum atomic E-state index is -1.16. The lowest BCUT2D eigenvalue weighted by molar-refractivity contribution is -0.441. The summed E-state index contributed by atoms with van der Waals surface area (Å²) in [5, 5.41) is 31.6. The van der Waals surface area contributed by atoms with Crippen molar-refractivity contribution in [2.45, 2.75) is 0 Å². The molecule has 0 fully saturated rings. The largest absolute Gasteiger partial charge is 0.422 e. The Kier molecular flexibility index (Phi) is 2.79. The van der Waals surface area contributed by atoms with Crippen LogP contribution in [0.15, 0.2) is 12.1 Å². The molecule has 0 heterocycles. The maximum Gasteiger partial charge on any atom is 0.422 e. The molecule has 0 N–H and O–H groups in total. The van der Waals surface area contributed by atoms with Crippen molar-refractivity contribution in [2.24, 2.45) is 0 Å². The van der Waals surface area contributed by atoms with Crippen molar-refractivity contribution in [2.75, 3.05) is 0 Å². The van der Waals surface area contributed by atoms with E-state index >= 15 is 0 Å². The molecule has 0 aliphatic carbocycles. The van der Waals surface area contributed by atoms with E-state index in [2.05, 4.69) is 6.92 Å². The second kappa shape index (κ2) is 3.88. The number of rotatable bonds is 3. The zero-order chi connectivity index (χ0) is 12.5. The Hall–Kier alpha value is -2.58. The Balaban J connectivity index is 3.70. The van der Waals surface area contributed by atoms with Gasteiger partial charge >= 0.3 is 17.1 Å². The van der Waals surface area contributed by atoms with Gasteiger partial charge in [0.25, 0.3) is 0 Å². The molecule has 9 nitrogen and oxygen atoms in total. The molecule has 0 saturated carbocycles. The smallest absolute Gasteiger partial charge is 0.258 e. The molecule has 0 spiro atoms. The highest BCUT2D eigenvalue weighted by molar-refractivity contribution is 5.69. The summed E-state index contributed by atoms with van der Waals surface area (Å²) in [7, 11) is 0. The Labute approximate surface area is 87.8 Å². The summed E-state index contributed by atoms with van der Waals surface area (Å²) in [5.41, 5.74) is -3.28. The van der Waals surface area contributed by atoms with Crippen LogP contribution < -0.4 is 0 Å². The Morgan fingerprint density at radius 2 is 1.38 bits per heavy atom. The first-order chi connectivity index (χ1) is 7.36. The normalized spacial score (nSPS) is 9.81. The van der Waals surface area contributed by atoms with E-state index in [1.165, 1.54) is 0 Å². The van der Waals surface area contributed by atoms with Gasteiger partial charge in [-0.2, -0.15) is 0 Å². The molecule has 0 bridgehead atoms. The molecule has 0 aliphatic heterocycles. The van der Waals surface area contributed by atoms with Crippen molar-refractivity contribution >= 4 is 17.1 Å². The predicted octanol–water partition coefficient (Wildman–Crippen LogP) is 1.59. The van der Waals surface area contributed by atoms with E-state index in [0.29, 0.717) is 0 Å². The van der Waals surface area contributed by atoms with Crippen LogP contribution in [0.3, 0.4) is 0 Å². The minimum Gasteiger partial charge on any atom is -0.258 e.